The number of hydrogen-bond donors (Lipinski definition) is 0. The summed E-state index contributed by atoms with van der Waals surface area (Å²) in [5.41, 5.74) is 2.29. The Balaban J connectivity index is 2.74. The number of rotatable bonds is 1. The standard InChI is InChI=1S/C10H6ClN2/c1-2-8-3-4-9-10(13-8)5-7(11)6-12-9/h3-6H,1H2. The summed E-state index contributed by atoms with van der Waals surface area (Å²) in [6, 6.07) is 5.45. The van der Waals surface area contributed by atoms with Gasteiger partial charge in [-0.25, -0.2) is 4.98 Å². The van der Waals surface area contributed by atoms with Gasteiger partial charge in [0.05, 0.1) is 21.7 Å². The average Bonchev–Trinajstić information content (AvgIpc) is 2.16. The van der Waals surface area contributed by atoms with Crippen molar-refractivity contribution in [3.05, 3.63) is 47.8 Å². The molecule has 0 amide bonds. The lowest BCUT2D eigenvalue weighted by molar-refractivity contribution is 1.29. The lowest BCUT2D eigenvalue weighted by Gasteiger charge is -1.97. The summed E-state index contributed by atoms with van der Waals surface area (Å²) in [7, 11) is 0. The Morgan fingerprint density at radius 2 is 2.15 bits per heavy atom. The van der Waals surface area contributed by atoms with Crippen molar-refractivity contribution in [1.82, 2.24) is 9.97 Å². The molecular formula is C10H6ClN2. The Kier molecular flexibility index (Phi) is 1.99. The Morgan fingerprint density at radius 1 is 1.31 bits per heavy atom. The van der Waals surface area contributed by atoms with E-state index < -0.39 is 0 Å². The zero-order valence-corrected chi connectivity index (χ0v) is 7.54. The fourth-order valence-corrected chi connectivity index (χ4v) is 1.23. The summed E-state index contributed by atoms with van der Waals surface area (Å²) in [6.45, 7) is 3.52. The fourth-order valence-electron chi connectivity index (χ4n) is 1.08. The number of fused-ring (bicyclic) bond motifs is 1. The number of hydrogen-bond acceptors (Lipinski definition) is 2. The largest absolute Gasteiger partial charge is 0.253 e. The highest BCUT2D eigenvalue weighted by Crippen LogP contribution is 2.14. The summed E-state index contributed by atoms with van der Waals surface area (Å²) in [5, 5.41) is 0.584. The summed E-state index contributed by atoms with van der Waals surface area (Å²) in [5.74, 6) is 0. The van der Waals surface area contributed by atoms with Gasteiger partial charge in [0.25, 0.3) is 0 Å². The highest BCUT2D eigenvalue weighted by atomic mass is 35.5. The highest BCUT2D eigenvalue weighted by molar-refractivity contribution is 6.31. The molecule has 3 heteroatoms. The van der Waals surface area contributed by atoms with Crippen LogP contribution in [0.1, 0.15) is 5.69 Å². The van der Waals surface area contributed by atoms with Gasteiger partial charge in [-0.1, -0.05) is 18.2 Å². The molecule has 0 spiro atoms. The van der Waals surface area contributed by atoms with Crippen LogP contribution in [0.15, 0.2) is 31.0 Å². The van der Waals surface area contributed by atoms with Crippen LogP contribution in [0.5, 0.6) is 0 Å². The molecule has 0 saturated carbocycles. The first-order valence-electron chi connectivity index (χ1n) is 3.75. The van der Waals surface area contributed by atoms with Crippen LogP contribution >= 0.6 is 11.6 Å². The molecule has 1 radical (unpaired) electrons. The highest BCUT2D eigenvalue weighted by Gasteiger charge is 1.97. The SMILES string of the molecule is C=[C]c1ccc2ncc(Cl)cc2n1. The molecule has 0 saturated heterocycles. The van der Waals surface area contributed by atoms with E-state index >= 15 is 0 Å². The second-order valence-electron chi connectivity index (χ2n) is 2.57. The lowest BCUT2D eigenvalue weighted by atomic mass is 10.3. The molecule has 2 aromatic heterocycles. The van der Waals surface area contributed by atoms with Crippen LogP contribution in [0.25, 0.3) is 11.0 Å². The predicted octanol–water partition coefficient (Wildman–Crippen LogP) is 2.62. The first kappa shape index (κ1) is 8.20. The molecule has 63 valence electrons. The van der Waals surface area contributed by atoms with E-state index in [1.165, 1.54) is 0 Å². The third-order valence-corrected chi connectivity index (χ3v) is 1.89. The molecule has 0 atom stereocenters. The monoisotopic (exact) mass is 189 g/mol. The van der Waals surface area contributed by atoms with E-state index in [9.17, 15) is 0 Å². The van der Waals surface area contributed by atoms with E-state index in [2.05, 4.69) is 22.6 Å². The topological polar surface area (TPSA) is 25.8 Å². The van der Waals surface area contributed by atoms with Gasteiger partial charge >= 0.3 is 0 Å². The lowest BCUT2D eigenvalue weighted by Crippen LogP contribution is -1.85. The Morgan fingerprint density at radius 3 is 2.92 bits per heavy atom. The van der Waals surface area contributed by atoms with Gasteiger partial charge in [-0.05, 0) is 18.2 Å². The first-order valence-corrected chi connectivity index (χ1v) is 4.13. The Labute approximate surface area is 80.9 Å². The van der Waals surface area contributed by atoms with Gasteiger partial charge in [0.15, 0.2) is 0 Å². The predicted molar refractivity (Wildman–Crippen MR) is 52.5 cm³/mol. The second kappa shape index (κ2) is 3.15. The van der Waals surface area contributed by atoms with Crippen molar-refractivity contribution in [3.8, 4) is 0 Å². The van der Waals surface area contributed by atoms with Gasteiger partial charge < -0.3 is 0 Å². The van der Waals surface area contributed by atoms with Crippen molar-refractivity contribution >= 4 is 22.6 Å². The van der Waals surface area contributed by atoms with E-state index in [4.69, 9.17) is 11.6 Å². The number of pyridine rings is 2. The molecule has 0 aliphatic heterocycles. The van der Waals surface area contributed by atoms with Gasteiger partial charge in [-0.2, -0.15) is 0 Å². The zero-order valence-electron chi connectivity index (χ0n) is 6.79. The molecule has 2 rings (SSSR count). The third kappa shape index (κ3) is 1.53. The molecule has 2 heterocycles. The number of aromatic nitrogens is 2. The molecule has 0 aliphatic carbocycles. The van der Waals surface area contributed by atoms with Gasteiger partial charge in [-0.15, -0.1) is 0 Å². The minimum Gasteiger partial charge on any atom is -0.253 e. The van der Waals surface area contributed by atoms with Crippen molar-refractivity contribution in [2.24, 2.45) is 0 Å². The van der Waals surface area contributed by atoms with Crippen LogP contribution in [0.2, 0.25) is 5.02 Å². The van der Waals surface area contributed by atoms with Gasteiger partial charge in [-0.3, -0.25) is 4.98 Å². The normalized spacial score (nSPS) is 10.2. The van der Waals surface area contributed by atoms with Crippen LogP contribution in [-0.2, 0) is 0 Å². The quantitative estimate of drug-likeness (QED) is 0.689. The smallest absolute Gasteiger partial charge is 0.0909 e. The first-order chi connectivity index (χ1) is 6.29. The van der Waals surface area contributed by atoms with Crippen molar-refractivity contribution in [3.63, 3.8) is 0 Å². The molecule has 2 aromatic rings. The van der Waals surface area contributed by atoms with Crippen molar-refractivity contribution < 1.29 is 0 Å². The minimum atomic E-state index is 0.584. The molecule has 0 unspecified atom stereocenters. The molecule has 0 bridgehead atoms. The molecule has 2 nitrogen and oxygen atoms in total. The molecular weight excluding hydrogens is 184 g/mol. The molecule has 0 aliphatic rings. The third-order valence-electron chi connectivity index (χ3n) is 1.69. The summed E-state index contributed by atoms with van der Waals surface area (Å²) in [6.07, 6.45) is 4.31. The van der Waals surface area contributed by atoms with E-state index in [-0.39, 0.29) is 0 Å². The Hall–Kier alpha value is -1.41. The van der Waals surface area contributed by atoms with Gasteiger partial charge in [0, 0.05) is 12.3 Å². The van der Waals surface area contributed by atoms with Crippen LogP contribution in [-0.4, -0.2) is 9.97 Å². The van der Waals surface area contributed by atoms with Crippen molar-refractivity contribution in [2.45, 2.75) is 0 Å². The molecule has 0 fully saturated rings. The van der Waals surface area contributed by atoms with Crippen molar-refractivity contribution in [1.29, 1.82) is 0 Å². The molecule has 0 N–H and O–H groups in total. The maximum Gasteiger partial charge on any atom is 0.0909 e. The van der Waals surface area contributed by atoms with Crippen LogP contribution in [0.4, 0.5) is 0 Å². The van der Waals surface area contributed by atoms with Crippen LogP contribution < -0.4 is 0 Å². The number of nitrogens with zero attached hydrogens (tertiary/aromatic N) is 2. The van der Waals surface area contributed by atoms with Gasteiger partial charge in [0.2, 0.25) is 0 Å². The van der Waals surface area contributed by atoms with Gasteiger partial charge in [0.1, 0.15) is 0 Å². The van der Waals surface area contributed by atoms with Crippen LogP contribution in [0.3, 0.4) is 0 Å². The second-order valence-corrected chi connectivity index (χ2v) is 3.00. The maximum atomic E-state index is 5.78. The zero-order chi connectivity index (χ0) is 9.26. The van der Waals surface area contributed by atoms with Crippen molar-refractivity contribution in [2.75, 3.05) is 0 Å². The average molecular weight is 190 g/mol. The minimum absolute atomic E-state index is 0.584. The molecule has 0 aromatic carbocycles. The maximum absolute atomic E-state index is 5.78. The van der Waals surface area contributed by atoms with E-state index in [1.54, 1.807) is 12.3 Å². The summed E-state index contributed by atoms with van der Waals surface area (Å²) >= 11 is 5.78. The summed E-state index contributed by atoms with van der Waals surface area (Å²) < 4.78 is 0. The number of halogens is 1. The molecule has 13 heavy (non-hydrogen) atoms. The fraction of sp³-hybridized carbons (Fsp3) is 0. The summed E-state index contributed by atoms with van der Waals surface area (Å²) in [4.78, 5) is 8.35. The van der Waals surface area contributed by atoms with E-state index in [0.29, 0.717) is 10.7 Å². The van der Waals surface area contributed by atoms with E-state index in [0.717, 1.165) is 11.0 Å². The Bertz CT molecular complexity index is 465. The van der Waals surface area contributed by atoms with Crippen LogP contribution in [0, 0.1) is 6.08 Å². The van der Waals surface area contributed by atoms with E-state index in [1.807, 2.05) is 12.1 Å².